The molecule has 0 aromatic heterocycles. The highest BCUT2D eigenvalue weighted by Crippen LogP contribution is 2.13. The summed E-state index contributed by atoms with van der Waals surface area (Å²) >= 11 is 0. The molecule has 0 rings (SSSR count). The first-order valence-corrected chi connectivity index (χ1v) is 10.1. The number of carboxylic acids is 1. The van der Waals surface area contributed by atoms with Crippen LogP contribution in [0.15, 0.2) is 0 Å². The Bertz CT molecular complexity index is 275. The van der Waals surface area contributed by atoms with Crippen molar-refractivity contribution in [3.8, 4) is 0 Å². The molecule has 0 saturated carbocycles. The second-order valence-corrected chi connectivity index (χ2v) is 6.93. The predicted molar refractivity (Wildman–Crippen MR) is 100 cm³/mol. The number of amides is 1. The van der Waals surface area contributed by atoms with Gasteiger partial charge in [0.1, 0.15) is 0 Å². The van der Waals surface area contributed by atoms with Crippen LogP contribution in [0.5, 0.6) is 0 Å². The van der Waals surface area contributed by atoms with Crippen LogP contribution >= 0.6 is 0 Å². The van der Waals surface area contributed by atoms with Crippen molar-refractivity contribution >= 4 is 11.9 Å². The highest BCUT2D eigenvalue weighted by atomic mass is 16.4. The van der Waals surface area contributed by atoms with E-state index in [1.54, 1.807) is 6.92 Å². The molecule has 0 aliphatic heterocycles. The van der Waals surface area contributed by atoms with E-state index >= 15 is 0 Å². The Morgan fingerprint density at radius 3 is 1.29 bits per heavy atom. The summed E-state index contributed by atoms with van der Waals surface area (Å²) in [6.45, 7) is 2.40. The van der Waals surface area contributed by atoms with Crippen LogP contribution in [0.2, 0.25) is 0 Å². The molecule has 0 saturated heterocycles. The van der Waals surface area contributed by atoms with Crippen molar-refractivity contribution in [2.45, 2.75) is 110 Å². The highest BCUT2D eigenvalue weighted by Gasteiger charge is 1.97. The molecular formula is C20H39NO3. The summed E-state index contributed by atoms with van der Waals surface area (Å²) in [6, 6.07) is 0. The predicted octanol–water partition coefficient (Wildman–Crippen LogP) is 5.45. The third-order valence-electron chi connectivity index (χ3n) is 4.44. The van der Waals surface area contributed by atoms with E-state index in [2.05, 4.69) is 5.32 Å². The molecule has 0 aromatic rings. The maximum atomic E-state index is 10.7. The van der Waals surface area contributed by atoms with Gasteiger partial charge in [-0.05, 0) is 12.8 Å². The van der Waals surface area contributed by atoms with Crippen molar-refractivity contribution in [3.05, 3.63) is 0 Å². The molecule has 4 nitrogen and oxygen atoms in total. The van der Waals surface area contributed by atoms with Crippen LogP contribution in [-0.2, 0) is 9.59 Å². The quantitative estimate of drug-likeness (QED) is 0.326. The van der Waals surface area contributed by atoms with Crippen LogP contribution in [0, 0.1) is 0 Å². The van der Waals surface area contributed by atoms with E-state index in [1.165, 1.54) is 77.0 Å². The van der Waals surface area contributed by atoms with E-state index in [4.69, 9.17) is 5.11 Å². The molecule has 0 heterocycles. The minimum absolute atomic E-state index is 0.0770. The Morgan fingerprint density at radius 2 is 0.958 bits per heavy atom. The van der Waals surface area contributed by atoms with Crippen molar-refractivity contribution in [2.75, 3.05) is 6.54 Å². The standard InChI is InChI=1S/C20H39NO3/c1-19(22)21-18-16-14-12-10-8-6-4-2-3-5-7-9-11-13-15-17-20(23)24/h2-18H2,1H3,(H,21,22)(H,23,24). The van der Waals surface area contributed by atoms with Crippen molar-refractivity contribution in [1.29, 1.82) is 0 Å². The average molecular weight is 342 g/mol. The lowest BCUT2D eigenvalue weighted by molar-refractivity contribution is -0.137. The number of carboxylic acid groups (broad SMARTS) is 1. The zero-order valence-electron chi connectivity index (χ0n) is 15.8. The lowest BCUT2D eigenvalue weighted by Gasteiger charge is -2.04. The number of rotatable bonds is 18. The van der Waals surface area contributed by atoms with Crippen molar-refractivity contribution < 1.29 is 14.7 Å². The molecule has 1 amide bonds. The summed E-state index contributed by atoms with van der Waals surface area (Å²) in [5.41, 5.74) is 0. The highest BCUT2D eigenvalue weighted by molar-refractivity contribution is 5.72. The van der Waals surface area contributed by atoms with Crippen LogP contribution in [0.25, 0.3) is 0 Å². The fourth-order valence-corrected chi connectivity index (χ4v) is 2.96. The van der Waals surface area contributed by atoms with E-state index in [0.717, 1.165) is 25.8 Å². The van der Waals surface area contributed by atoms with Gasteiger partial charge in [-0.25, -0.2) is 0 Å². The van der Waals surface area contributed by atoms with E-state index in [0.29, 0.717) is 6.42 Å². The number of carbonyl (C=O) groups is 2. The van der Waals surface area contributed by atoms with Crippen LogP contribution in [0.4, 0.5) is 0 Å². The van der Waals surface area contributed by atoms with E-state index in [1.807, 2.05) is 0 Å². The molecule has 0 fully saturated rings. The van der Waals surface area contributed by atoms with Gasteiger partial charge in [-0.3, -0.25) is 9.59 Å². The summed E-state index contributed by atoms with van der Waals surface area (Å²) in [4.78, 5) is 21.1. The van der Waals surface area contributed by atoms with E-state index in [-0.39, 0.29) is 5.91 Å². The second kappa shape index (κ2) is 18.3. The van der Waals surface area contributed by atoms with Gasteiger partial charge in [0.05, 0.1) is 0 Å². The van der Waals surface area contributed by atoms with Gasteiger partial charge in [-0.15, -0.1) is 0 Å². The smallest absolute Gasteiger partial charge is 0.303 e. The topological polar surface area (TPSA) is 66.4 Å². The first kappa shape index (κ1) is 22.9. The summed E-state index contributed by atoms with van der Waals surface area (Å²) in [6.07, 6.45) is 19.1. The zero-order chi connectivity index (χ0) is 17.9. The van der Waals surface area contributed by atoms with Gasteiger partial charge in [0.25, 0.3) is 0 Å². The molecule has 2 N–H and O–H groups in total. The van der Waals surface area contributed by atoms with E-state index < -0.39 is 5.97 Å². The molecule has 142 valence electrons. The summed E-state index contributed by atoms with van der Waals surface area (Å²) in [5, 5.41) is 11.4. The molecule has 0 aliphatic rings. The zero-order valence-corrected chi connectivity index (χ0v) is 15.8. The summed E-state index contributed by atoms with van der Waals surface area (Å²) in [5.74, 6) is -0.590. The second-order valence-electron chi connectivity index (χ2n) is 6.93. The monoisotopic (exact) mass is 341 g/mol. The molecule has 0 radical (unpaired) electrons. The molecule has 24 heavy (non-hydrogen) atoms. The number of unbranched alkanes of at least 4 members (excludes halogenated alkanes) is 14. The van der Waals surface area contributed by atoms with Crippen molar-refractivity contribution in [1.82, 2.24) is 5.32 Å². The van der Waals surface area contributed by atoms with Gasteiger partial charge in [0.2, 0.25) is 5.91 Å². The van der Waals surface area contributed by atoms with Crippen LogP contribution in [-0.4, -0.2) is 23.5 Å². The Balaban J connectivity index is 3.00. The average Bonchev–Trinajstić information content (AvgIpc) is 2.53. The van der Waals surface area contributed by atoms with Crippen LogP contribution < -0.4 is 5.32 Å². The summed E-state index contributed by atoms with van der Waals surface area (Å²) < 4.78 is 0. The van der Waals surface area contributed by atoms with Gasteiger partial charge in [0.15, 0.2) is 0 Å². The van der Waals surface area contributed by atoms with Gasteiger partial charge < -0.3 is 10.4 Å². The molecule has 0 unspecified atom stereocenters. The molecular weight excluding hydrogens is 302 g/mol. The fraction of sp³-hybridized carbons (Fsp3) is 0.900. The third kappa shape index (κ3) is 20.9. The third-order valence-corrected chi connectivity index (χ3v) is 4.44. The Hall–Kier alpha value is -1.06. The van der Waals surface area contributed by atoms with Gasteiger partial charge in [0, 0.05) is 19.9 Å². The van der Waals surface area contributed by atoms with Crippen molar-refractivity contribution in [3.63, 3.8) is 0 Å². The molecule has 0 bridgehead atoms. The first-order chi connectivity index (χ1) is 11.6. The van der Waals surface area contributed by atoms with Gasteiger partial charge >= 0.3 is 5.97 Å². The molecule has 0 atom stereocenters. The Kier molecular flexibility index (Phi) is 17.5. The number of hydrogen-bond donors (Lipinski definition) is 2. The molecule has 0 aliphatic carbocycles. The van der Waals surface area contributed by atoms with Crippen molar-refractivity contribution in [2.24, 2.45) is 0 Å². The largest absolute Gasteiger partial charge is 0.481 e. The minimum atomic E-state index is -0.667. The number of carbonyl (C=O) groups excluding carboxylic acids is 1. The first-order valence-electron chi connectivity index (χ1n) is 10.1. The number of aliphatic carboxylic acids is 1. The normalized spacial score (nSPS) is 10.7. The molecule has 0 aromatic carbocycles. The number of hydrogen-bond acceptors (Lipinski definition) is 2. The van der Waals surface area contributed by atoms with E-state index in [9.17, 15) is 9.59 Å². The Morgan fingerprint density at radius 1 is 0.625 bits per heavy atom. The van der Waals surface area contributed by atoms with Crippen LogP contribution in [0.3, 0.4) is 0 Å². The molecule has 4 heteroatoms. The van der Waals surface area contributed by atoms with Gasteiger partial charge in [-0.1, -0.05) is 83.5 Å². The summed E-state index contributed by atoms with van der Waals surface area (Å²) in [7, 11) is 0. The SMILES string of the molecule is CC(=O)NCCCCCCCCCCCCCCCCCC(=O)O. The minimum Gasteiger partial charge on any atom is -0.481 e. The van der Waals surface area contributed by atoms with Gasteiger partial charge in [-0.2, -0.15) is 0 Å². The Labute approximate surface area is 148 Å². The lowest BCUT2D eigenvalue weighted by atomic mass is 10.0. The lowest BCUT2D eigenvalue weighted by Crippen LogP contribution is -2.20. The maximum absolute atomic E-state index is 10.7. The fourth-order valence-electron chi connectivity index (χ4n) is 2.96. The molecule has 0 spiro atoms. The number of nitrogens with one attached hydrogen (secondary N) is 1. The van der Waals surface area contributed by atoms with Crippen LogP contribution in [0.1, 0.15) is 110 Å². The maximum Gasteiger partial charge on any atom is 0.303 e.